The van der Waals surface area contributed by atoms with Gasteiger partial charge in [-0.3, -0.25) is 9.98 Å². The number of thiazole rings is 1. The van der Waals surface area contributed by atoms with Gasteiger partial charge in [-0.25, -0.2) is 9.78 Å². The molecular formula is C18H25N5O2S. The van der Waals surface area contributed by atoms with E-state index in [9.17, 15) is 4.79 Å². The van der Waals surface area contributed by atoms with Crippen molar-refractivity contribution in [2.45, 2.75) is 40.3 Å². The van der Waals surface area contributed by atoms with Crippen LogP contribution in [0.4, 0.5) is 0 Å². The molecule has 2 aromatic heterocycles. The van der Waals surface area contributed by atoms with Crippen molar-refractivity contribution in [2.24, 2.45) is 4.99 Å². The van der Waals surface area contributed by atoms with Crippen molar-refractivity contribution in [1.29, 1.82) is 0 Å². The molecule has 0 amide bonds. The van der Waals surface area contributed by atoms with Gasteiger partial charge in [0.15, 0.2) is 5.96 Å². The number of nitrogens with zero attached hydrogens (tertiary/aromatic N) is 3. The first-order valence-electron chi connectivity index (χ1n) is 8.48. The molecule has 1 unspecified atom stereocenters. The lowest BCUT2D eigenvalue weighted by atomic mass is 10.3. The van der Waals surface area contributed by atoms with E-state index in [0.29, 0.717) is 29.7 Å². The third-order valence-corrected chi connectivity index (χ3v) is 4.92. The molecule has 26 heavy (non-hydrogen) atoms. The van der Waals surface area contributed by atoms with Crippen LogP contribution in [0, 0.1) is 13.8 Å². The minimum atomic E-state index is -0.325. The number of pyridine rings is 1. The Morgan fingerprint density at radius 1 is 1.35 bits per heavy atom. The van der Waals surface area contributed by atoms with Crippen LogP contribution >= 0.6 is 11.3 Å². The lowest BCUT2D eigenvalue weighted by Gasteiger charge is -2.16. The van der Waals surface area contributed by atoms with Gasteiger partial charge in [0.1, 0.15) is 9.88 Å². The fraction of sp³-hybridized carbons (Fsp3) is 0.444. The molecule has 0 saturated heterocycles. The van der Waals surface area contributed by atoms with Crippen molar-refractivity contribution >= 4 is 23.3 Å². The number of aliphatic imine (C=N–C) groups is 1. The summed E-state index contributed by atoms with van der Waals surface area (Å²) in [5.74, 6) is 0.320. The van der Waals surface area contributed by atoms with Gasteiger partial charge in [0, 0.05) is 12.7 Å². The van der Waals surface area contributed by atoms with E-state index < -0.39 is 0 Å². The molecule has 0 radical (unpaired) electrons. The number of rotatable bonds is 6. The first-order chi connectivity index (χ1) is 12.4. The summed E-state index contributed by atoms with van der Waals surface area (Å²) in [5.41, 5.74) is 2.60. The summed E-state index contributed by atoms with van der Waals surface area (Å²) in [5, 5.41) is 7.33. The van der Waals surface area contributed by atoms with Gasteiger partial charge < -0.3 is 15.4 Å². The van der Waals surface area contributed by atoms with Gasteiger partial charge in [-0.1, -0.05) is 6.07 Å². The van der Waals surface area contributed by atoms with Crippen molar-refractivity contribution in [3.05, 3.63) is 45.2 Å². The quantitative estimate of drug-likeness (QED) is 0.458. The number of esters is 1. The number of nitrogens with one attached hydrogen (secondary N) is 2. The minimum absolute atomic E-state index is 0.0986. The van der Waals surface area contributed by atoms with Crippen LogP contribution in [0.25, 0.3) is 0 Å². The van der Waals surface area contributed by atoms with Gasteiger partial charge in [0.2, 0.25) is 0 Å². The van der Waals surface area contributed by atoms with Gasteiger partial charge in [0.05, 0.1) is 30.6 Å². The lowest BCUT2D eigenvalue weighted by Crippen LogP contribution is -2.38. The maximum absolute atomic E-state index is 12.0. The van der Waals surface area contributed by atoms with Gasteiger partial charge >= 0.3 is 5.97 Å². The number of hydrogen-bond acceptors (Lipinski definition) is 6. The van der Waals surface area contributed by atoms with Crippen LogP contribution in [0.5, 0.6) is 0 Å². The summed E-state index contributed by atoms with van der Waals surface area (Å²) in [4.78, 5) is 25.7. The Balaban J connectivity index is 1.99. The Morgan fingerprint density at radius 3 is 2.77 bits per heavy atom. The molecule has 0 aliphatic rings. The third-order valence-electron chi connectivity index (χ3n) is 3.60. The van der Waals surface area contributed by atoms with E-state index in [2.05, 4.69) is 25.6 Å². The molecule has 2 rings (SSSR count). The molecule has 8 heteroatoms. The molecule has 0 aromatic carbocycles. The molecule has 0 bridgehead atoms. The summed E-state index contributed by atoms with van der Waals surface area (Å²) in [6.45, 7) is 8.46. The highest BCUT2D eigenvalue weighted by molar-refractivity contribution is 7.13. The zero-order valence-electron chi connectivity index (χ0n) is 15.8. The van der Waals surface area contributed by atoms with Crippen molar-refractivity contribution in [3.8, 4) is 0 Å². The van der Waals surface area contributed by atoms with Crippen molar-refractivity contribution in [1.82, 2.24) is 20.6 Å². The molecule has 7 nitrogen and oxygen atoms in total. The van der Waals surface area contributed by atoms with E-state index >= 15 is 0 Å². The summed E-state index contributed by atoms with van der Waals surface area (Å²) in [6, 6.07) is 5.81. The second kappa shape index (κ2) is 9.28. The SMILES string of the molecule is CCOC(=O)c1sc(C(C)NC(=NC)NCc2cccc(C)n2)nc1C. The van der Waals surface area contributed by atoms with Crippen molar-refractivity contribution in [3.63, 3.8) is 0 Å². The topological polar surface area (TPSA) is 88.5 Å². The smallest absolute Gasteiger partial charge is 0.350 e. The number of aryl methyl sites for hydroxylation is 2. The van der Waals surface area contributed by atoms with Crippen molar-refractivity contribution in [2.75, 3.05) is 13.7 Å². The molecule has 0 fully saturated rings. The molecule has 0 spiro atoms. The molecule has 0 aliphatic carbocycles. The number of carbonyl (C=O) groups is 1. The number of guanidine groups is 1. The van der Waals surface area contributed by atoms with Crippen LogP contribution < -0.4 is 10.6 Å². The minimum Gasteiger partial charge on any atom is -0.462 e. The average molecular weight is 375 g/mol. The lowest BCUT2D eigenvalue weighted by molar-refractivity contribution is 0.0531. The van der Waals surface area contributed by atoms with Crippen LogP contribution in [0.3, 0.4) is 0 Å². The molecule has 0 aliphatic heterocycles. The summed E-state index contributed by atoms with van der Waals surface area (Å²) in [6.07, 6.45) is 0. The van der Waals surface area contributed by atoms with Crippen LogP contribution in [-0.4, -0.2) is 35.6 Å². The molecular weight excluding hydrogens is 350 g/mol. The number of ether oxygens (including phenoxy) is 1. The Morgan fingerprint density at radius 2 is 2.12 bits per heavy atom. The van der Waals surface area contributed by atoms with Gasteiger partial charge in [0.25, 0.3) is 0 Å². The number of aromatic nitrogens is 2. The van der Waals surface area contributed by atoms with E-state index in [1.54, 1.807) is 14.0 Å². The Hall–Kier alpha value is -2.48. The number of hydrogen-bond donors (Lipinski definition) is 2. The standard InChI is InChI=1S/C18H25N5O2S/c1-6-25-17(24)15-12(3)22-16(26-15)13(4)23-18(19-5)20-10-14-9-7-8-11(2)21-14/h7-9,13H,6,10H2,1-5H3,(H2,19,20,23). The van der Waals surface area contributed by atoms with E-state index in [1.165, 1.54) is 11.3 Å². The van der Waals surface area contributed by atoms with Gasteiger partial charge in [-0.15, -0.1) is 11.3 Å². The monoisotopic (exact) mass is 375 g/mol. The van der Waals surface area contributed by atoms with Crippen LogP contribution in [0.15, 0.2) is 23.2 Å². The maximum atomic E-state index is 12.0. The highest BCUT2D eigenvalue weighted by Gasteiger charge is 2.20. The zero-order chi connectivity index (χ0) is 19.1. The fourth-order valence-electron chi connectivity index (χ4n) is 2.32. The summed E-state index contributed by atoms with van der Waals surface area (Å²) < 4.78 is 5.07. The van der Waals surface area contributed by atoms with Gasteiger partial charge in [-0.2, -0.15) is 0 Å². The first kappa shape index (κ1) is 19.8. The summed E-state index contributed by atoms with van der Waals surface area (Å²) in [7, 11) is 1.71. The van der Waals surface area contributed by atoms with Crippen LogP contribution in [-0.2, 0) is 11.3 Å². The fourth-order valence-corrected chi connectivity index (χ4v) is 3.29. The first-order valence-corrected chi connectivity index (χ1v) is 9.30. The predicted octanol–water partition coefficient (Wildman–Crippen LogP) is 2.76. The molecule has 140 valence electrons. The highest BCUT2D eigenvalue weighted by atomic mass is 32.1. The van der Waals surface area contributed by atoms with E-state index in [0.717, 1.165) is 16.4 Å². The highest BCUT2D eigenvalue weighted by Crippen LogP contribution is 2.24. The largest absolute Gasteiger partial charge is 0.462 e. The van der Waals surface area contributed by atoms with Gasteiger partial charge in [-0.05, 0) is 39.8 Å². The van der Waals surface area contributed by atoms with E-state index in [4.69, 9.17) is 4.74 Å². The predicted molar refractivity (Wildman–Crippen MR) is 104 cm³/mol. The second-order valence-electron chi connectivity index (χ2n) is 5.75. The zero-order valence-corrected chi connectivity index (χ0v) is 16.6. The molecule has 1 atom stereocenters. The Bertz CT molecular complexity index is 788. The van der Waals surface area contributed by atoms with E-state index in [-0.39, 0.29) is 12.0 Å². The molecule has 2 aromatic rings. The molecule has 2 heterocycles. The van der Waals surface area contributed by atoms with Crippen molar-refractivity contribution < 1.29 is 9.53 Å². The Labute approximate surface area is 157 Å². The molecule has 2 N–H and O–H groups in total. The molecule has 0 saturated carbocycles. The normalized spacial score (nSPS) is 12.6. The average Bonchev–Trinajstić information content (AvgIpc) is 3.00. The Kier molecular flexibility index (Phi) is 7.08. The van der Waals surface area contributed by atoms with Crippen LogP contribution in [0.1, 0.15) is 51.7 Å². The second-order valence-corrected chi connectivity index (χ2v) is 6.78. The summed E-state index contributed by atoms with van der Waals surface area (Å²) >= 11 is 1.34. The third kappa shape index (κ3) is 5.26. The van der Waals surface area contributed by atoms with E-state index in [1.807, 2.05) is 39.0 Å². The maximum Gasteiger partial charge on any atom is 0.350 e. The number of carbonyl (C=O) groups excluding carboxylic acids is 1. The van der Waals surface area contributed by atoms with Crippen LogP contribution in [0.2, 0.25) is 0 Å².